The molecule has 0 bridgehead atoms. The van der Waals surface area contributed by atoms with Crippen LogP contribution in [0.1, 0.15) is 5.56 Å². The number of benzene rings is 1. The SMILES string of the molecule is N[C@@H](Cc1c[nH]c2ccc(O)cc12)C(=O)O.O=P([O-])([O-])[O-].[Zr+3]. The number of H-pyrrole nitrogens is 1. The van der Waals surface area contributed by atoms with Gasteiger partial charge in [-0.3, -0.25) is 4.79 Å². The molecule has 0 amide bonds. The van der Waals surface area contributed by atoms with Crippen molar-refractivity contribution < 1.29 is 60.5 Å². The number of phosphoric acid groups is 1. The number of fused-ring (bicyclic) bond motifs is 1. The van der Waals surface area contributed by atoms with Crippen LogP contribution in [-0.2, 0) is 42.0 Å². The number of carboxylic acid groups (broad SMARTS) is 1. The first-order chi connectivity index (χ1) is 9.58. The molecule has 1 radical (unpaired) electrons. The molecule has 0 aliphatic rings. The number of nitrogens with one attached hydrogen (secondary N) is 1. The van der Waals surface area contributed by atoms with Crippen LogP contribution in [0.25, 0.3) is 10.9 Å². The molecule has 2 rings (SSSR count). The molecule has 0 aliphatic carbocycles. The molecule has 1 heterocycles. The van der Waals surface area contributed by atoms with Crippen molar-refractivity contribution in [2.75, 3.05) is 0 Å². The van der Waals surface area contributed by atoms with E-state index in [0.717, 1.165) is 16.5 Å². The number of aromatic amines is 1. The number of carboxylic acids is 1. The van der Waals surface area contributed by atoms with E-state index in [1.165, 1.54) is 0 Å². The van der Waals surface area contributed by atoms with E-state index in [-0.39, 0.29) is 38.4 Å². The molecule has 0 fully saturated rings. The molecule has 0 aliphatic heterocycles. The van der Waals surface area contributed by atoms with Crippen LogP contribution in [0, 0.1) is 0 Å². The molecule has 5 N–H and O–H groups in total. The Balaban J connectivity index is 0.000000644. The molecule has 0 spiro atoms. The van der Waals surface area contributed by atoms with E-state index in [1.807, 2.05) is 0 Å². The molecule has 0 unspecified atom stereocenters. The summed E-state index contributed by atoms with van der Waals surface area (Å²) in [5, 5.41) is 18.9. The molecular weight excluding hydrogens is 394 g/mol. The second-order valence-corrected chi connectivity index (χ2v) is 5.03. The molecular formula is C11H12N2O7PZr. The van der Waals surface area contributed by atoms with Gasteiger partial charge in [0, 0.05) is 23.5 Å². The van der Waals surface area contributed by atoms with Gasteiger partial charge in [-0.1, -0.05) is 0 Å². The van der Waals surface area contributed by atoms with Crippen molar-refractivity contribution in [3.63, 3.8) is 0 Å². The van der Waals surface area contributed by atoms with Crippen LogP contribution in [-0.4, -0.2) is 27.2 Å². The van der Waals surface area contributed by atoms with Gasteiger partial charge in [0.05, 0.1) is 0 Å². The van der Waals surface area contributed by atoms with Crippen molar-refractivity contribution in [2.24, 2.45) is 5.73 Å². The van der Waals surface area contributed by atoms with Gasteiger partial charge in [-0.2, -0.15) is 7.82 Å². The third-order valence-corrected chi connectivity index (χ3v) is 2.51. The standard InChI is InChI=1S/C11H12N2O3.H3O4P.Zr/c12-9(11(15)16)3-6-5-13-10-2-1-7(14)4-8(6)10;1-5(2,3)4;/h1-2,4-5,9,13-14H,3,12H2,(H,15,16);(H3,1,2,3,4);/q;;+3/p-3/t9-;;/m0../s1. The second kappa shape index (κ2) is 8.57. The Kier molecular flexibility index (Phi) is 8.18. The van der Waals surface area contributed by atoms with Gasteiger partial charge in [-0.15, -0.1) is 0 Å². The quantitative estimate of drug-likeness (QED) is 0.421. The number of aliphatic carboxylic acids is 1. The molecule has 2 aromatic rings. The van der Waals surface area contributed by atoms with Gasteiger partial charge in [-0.25, -0.2) is 0 Å². The first-order valence-corrected chi connectivity index (χ1v) is 7.04. The largest absolute Gasteiger partial charge is 3.00 e. The van der Waals surface area contributed by atoms with Gasteiger partial charge < -0.3 is 40.2 Å². The molecule has 1 aromatic carbocycles. The first-order valence-electron chi connectivity index (χ1n) is 5.58. The van der Waals surface area contributed by atoms with Crippen molar-refractivity contribution >= 4 is 24.7 Å². The van der Waals surface area contributed by atoms with Crippen molar-refractivity contribution in [2.45, 2.75) is 12.5 Å². The summed E-state index contributed by atoms with van der Waals surface area (Å²) in [4.78, 5) is 39.3. The number of rotatable bonds is 3. The number of phenols is 1. The Labute approximate surface area is 144 Å². The van der Waals surface area contributed by atoms with Crippen molar-refractivity contribution in [3.05, 3.63) is 30.0 Å². The van der Waals surface area contributed by atoms with Crippen LogP contribution in [0.5, 0.6) is 5.75 Å². The van der Waals surface area contributed by atoms with Crippen molar-refractivity contribution in [3.8, 4) is 5.75 Å². The predicted octanol–water partition coefficient (Wildman–Crippen LogP) is -2.00. The predicted molar refractivity (Wildman–Crippen MR) is 66.9 cm³/mol. The van der Waals surface area contributed by atoms with E-state index in [0.29, 0.717) is 0 Å². The zero-order valence-corrected chi connectivity index (χ0v) is 14.4. The monoisotopic (exact) mass is 405 g/mol. The summed E-state index contributed by atoms with van der Waals surface area (Å²) in [6, 6.07) is 3.97. The Bertz CT molecular complexity index is 676. The molecule has 1 aromatic heterocycles. The van der Waals surface area contributed by atoms with Gasteiger partial charge in [0.15, 0.2) is 0 Å². The van der Waals surface area contributed by atoms with Crippen LogP contribution < -0.4 is 20.4 Å². The first kappa shape index (κ1) is 21.0. The van der Waals surface area contributed by atoms with Crippen LogP contribution in [0.2, 0.25) is 0 Å². The van der Waals surface area contributed by atoms with Crippen molar-refractivity contribution in [1.29, 1.82) is 0 Å². The van der Waals surface area contributed by atoms with Gasteiger partial charge in [0.1, 0.15) is 11.8 Å². The number of aromatic hydroxyl groups is 1. The molecule has 11 heteroatoms. The van der Waals surface area contributed by atoms with Crippen LogP contribution in [0.3, 0.4) is 0 Å². The molecule has 117 valence electrons. The number of hydrogen-bond acceptors (Lipinski definition) is 7. The van der Waals surface area contributed by atoms with Crippen molar-refractivity contribution in [1.82, 2.24) is 4.98 Å². The minimum atomic E-state index is -5.39. The summed E-state index contributed by atoms with van der Waals surface area (Å²) >= 11 is 0. The molecule has 9 nitrogen and oxygen atoms in total. The molecule has 22 heavy (non-hydrogen) atoms. The van der Waals surface area contributed by atoms with E-state index in [2.05, 4.69) is 4.98 Å². The minimum absolute atomic E-state index is 0. The summed E-state index contributed by atoms with van der Waals surface area (Å²) in [5.74, 6) is -0.883. The summed E-state index contributed by atoms with van der Waals surface area (Å²) in [6.45, 7) is 0. The Morgan fingerprint density at radius 1 is 1.36 bits per heavy atom. The smallest absolute Gasteiger partial charge is 0.822 e. The summed E-state index contributed by atoms with van der Waals surface area (Å²) in [5.41, 5.74) is 7.11. The van der Waals surface area contributed by atoms with E-state index in [1.54, 1.807) is 24.4 Å². The fourth-order valence-corrected chi connectivity index (χ4v) is 1.66. The minimum Gasteiger partial charge on any atom is -0.822 e. The maximum atomic E-state index is 10.6. The molecule has 0 saturated carbocycles. The fraction of sp³-hybridized carbons (Fsp3) is 0.182. The summed E-state index contributed by atoms with van der Waals surface area (Å²) in [7, 11) is -5.39. The maximum absolute atomic E-state index is 10.6. The van der Waals surface area contributed by atoms with Crippen LogP contribution in [0.15, 0.2) is 24.4 Å². The maximum Gasteiger partial charge on any atom is 3.00 e. The number of hydrogen-bond donors (Lipinski definition) is 4. The van der Waals surface area contributed by atoms with E-state index in [4.69, 9.17) is 30.1 Å². The third-order valence-electron chi connectivity index (χ3n) is 2.51. The van der Waals surface area contributed by atoms with Crippen LogP contribution >= 0.6 is 7.82 Å². The van der Waals surface area contributed by atoms with Crippen LogP contribution in [0.4, 0.5) is 0 Å². The van der Waals surface area contributed by atoms with E-state index >= 15 is 0 Å². The average molecular weight is 406 g/mol. The fourth-order valence-electron chi connectivity index (χ4n) is 1.66. The second-order valence-electron chi connectivity index (χ2n) is 4.14. The Morgan fingerprint density at radius 3 is 2.41 bits per heavy atom. The van der Waals surface area contributed by atoms with Gasteiger partial charge in [0.2, 0.25) is 0 Å². The number of carbonyl (C=O) groups is 1. The zero-order chi connectivity index (χ0) is 16.2. The number of aromatic nitrogens is 1. The third kappa shape index (κ3) is 7.31. The molecule has 1 atom stereocenters. The van der Waals surface area contributed by atoms with E-state index < -0.39 is 19.8 Å². The van der Waals surface area contributed by atoms with E-state index in [9.17, 15) is 9.90 Å². The number of phenolic OH excluding ortho intramolecular Hbond substituents is 1. The van der Waals surface area contributed by atoms with Gasteiger partial charge in [0.25, 0.3) is 0 Å². The van der Waals surface area contributed by atoms with Gasteiger partial charge in [-0.05, 0) is 23.8 Å². The topological polar surface area (TPSA) is 186 Å². The summed E-state index contributed by atoms with van der Waals surface area (Å²) in [6.07, 6.45) is 1.95. The molecule has 0 saturated heterocycles. The summed E-state index contributed by atoms with van der Waals surface area (Å²) < 4.78 is 8.55. The van der Waals surface area contributed by atoms with Gasteiger partial charge >= 0.3 is 32.2 Å². The zero-order valence-electron chi connectivity index (χ0n) is 11.1. The average Bonchev–Trinajstić information content (AvgIpc) is 2.69. The number of nitrogens with two attached hydrogens (primary N) is 1. The Morgan fingerprint density at radius 2 is 1.91 bits per heavy atom. The normalized spacial score (nSPS) is 12.0. The Hall–Kier alpha value is -1.02.